The van der Waals surface area contributed by atoms with Crippen molar-refractivity contribution in [3.63, 3.8) is 0 Å². The van der Waals surface area contributed by atoms with E-state index in [-0.39, 0.29) is 23.9 Å². The molecule has 9 nitrogen and oxygen atoms in total. The first-order valence-electron chi connectivity index (χ1n) is 12.7. The molecule has 0 bridgehead atoms. The van der Waals surface area contributed by atoms with Gasteiger partial charge in [-0.1, -0.05) is 19.1 Å². The van der Waals surface area contributed by atoms with Gasteiger partial charge < -0.3 is 23.9 Å². The van der Waals surface area contributed by atoms with Crippen LogP contribution in [-0.4, -0.2) is 56.6 Å². The number of pyridine rings is 1. The van der Waals surface area contributed by atoms with E-state index < -0.39 is 11.7 Å². The minimum absolute atomic E-state index is 0.0105. The van der Waals surface area contributed by atoms with Crippen LogP contribution in [0.1, 0.15) is 53.6 Å². The van der Waals surface area contributed by atoms with Gasteiger partial charge in [0.2, 0.25) is 0 Å². The van der Waals surface area contributed by atoms with E-state index in [1.807, 2.05) is 18.2 Å². The number of aromatic nitrogens is 4. The summed E-state index contributed by atoms with van der Waals surface area (Å²) in [6, 6.07) is 11.0. The Bertz CT molecular complexity index is 1350. The number of aryl methyl sites for hydroxylation is 1. The van der Waals surface area contributed by atoms with Gasteiger partial charge in [0.1, 0.15) is 24.6 Å². The van der Waals surface area contributed by atoms with E-state index in [2.05, 4.69) is 37.7 Å². The Hall–Kier alpha value is -3.63. The predicted molar refractivity (Wildman–Crippen MR) is 135 cm³/mol. The molecule has 10 heteroatoms. The summed E-state index contributed by atoms with van der Waals surface area (Å²) in [6.45, 7) is 5.95. The van der Waals surface area contributed by atoms with Gasteiger partial charge in [0.15, 0.2) is 11.6 Å². The normalized spacial score (nSPS) is 14.2. The number of halogens is 1. The quantitative estimate of drug-likeness (QED) is 0.291. The van der Waals surface area contributed by atoms with Crippen molar-refractivity contribution in [1.82, 2.24) is 29.7 Å². The molecule has 1 amide bonds. The van der Waals surface area contributed by atoms with Crippen molar-refractivity contribution in [1.29, 1.82) is 0 Å². The third kappa shape index (κ3) is 5.86. The average molecular weight is 507 g/mol. The number of carbonyl (C=O) groups is 1. The Morgan fingerprint density at radius 2 is 2.08 bits per heavy atom. The van der Waals surface area contributed by atoms with Crippen molar-refractivity contribution in [2.24, 2.45) is 0 Å². The fourth-order valence-corrected chi connectivity index (χ4v) is 4.51. The van der Waals surface area contributed by atoms with Crippen molar-refractivity contribution in [2.45, 2.75) is 45.4 Å². The number of hydrogen-bond donors (Lipinski definition) is 1. The van der Waals surface area contributed by atoms with Gasteiger partial charge in [-0.05, 0) is 43.7 Å². The van der Waals surface area contributed by atoms with Gasteiger partial charge >= 0.3 is 0 Å². The summed E-state index contributed by atoms with van der Waals surface area (Å²) in [7, 11) is 0. The fourth-order valence-electron chi connectivity index (χ4n) is 4.51. The van der Waals surface area contributed by atoms with Gasteiger partial charge in [-0.25, -0.2) is 14.4 Å². The number of imidazole rings is 1. The van der Waals surface area contributed by atoms with Crippen LogP contribution in [0.4, 0.5) is 4.39 Å². The second-order valence-corrected chi connectivity index (χ2v) is 9.23. The minimum atomic E-state index is -0.458. The topological polar surface area (TPSA) is 98.3 Å². The molecule has 0 saturated carbocycles. The second kappa shape index (κ2) is 11.6. The number of oxazole rings is 1. The van der Waals surface area contributed by atoms with Crippen molar-refractivity contribution >= 4 is 16.9 Å². The molecule has 194 valence electrons. The largest absolute Gasteiger partial charge is 0.448 e. The van der Waals surface area contributed by atoms with Gasteiger partial charge in [0.25, 0.3) is 5.91 Å². The van der Waals surface area contributed by atoms with Gasteiger partial charge in [-0.3, -0.25) is 9.78 Å². The second-order valence-electron chi connectivity index (χ2n) is 9.23. The summed E-state index contributed by atoms with van der Waals surface area (Å²) in [5, 5.41) is 2.64. The number of rotatable bonds is 12. The van der Waals surface area contributed by atoms with Gasteiger partial charge in [-0.2, -0.15) is 0 Å². The third-order valence-corrected chi connectivity index (χ3v) is 6.49. The Balaban J connectivity index is 1.08. The molecule has 0 unspecified atom stereocenters. The summed E-state index contributed by atoms with van der Waals surface area (Å²) < 4.78 is 27.2. The van der Waals surface area contributed by atoms with E-state index in [4.69, 9.17) is 14.1 Å². The summed E-state index contributed by atoms with van der Waals surface area (Å²) in [5.41, 5.74) is 2.47. The first-order valence-corrected chi connectivity index (χ1v) is 12.7. The molecule has 0 spiro atoms. The highest BCUT2D eigenvalue weighted by Crippen LogP contribution is 2.27. The maximum atomic E-state index is 13.7. The van der Waals surface area contributed by atoms with Crippen molar-refractivity contribution in [2.75, 3.05) is 26.2 Å². The van der Waals surface area contributed by atoms with E-state index in [1.54, 1.807) is 0 Å². The van der Waals surface area contributed by atoms with Crippen LogP contribution in [0.15, 0.2) is 53.3 Å². The molecular formula is C27H31FN6O3. The molecule has 0 atom stereocenters. The highest BCUT2D eigenvalue weighted by Gasteiger charge is 2.32. The summed E-state index contributed by atoms with van der Waals surface area (Å²) >= 11 is 0. The van der Waals surface area contributed by atoms with Crippen LogP contribution in [0.5, 0.6) is 0 Å². The van der Waals surface area contributed by atoms with Gasteiger partial charge in [0.05, 0.1) is 29.2 Å². The number of fused-ring (bicyclic) bond motifs is 1. The number of amides is 1. The molecule has 5 rings (SSSR count). The lowest BCUT2D eigenvalue weighted by atomic mass is 10.00. The van der Waals surface area contributed by atoms with E-state index in [1.165, 1.54) is 24.6 Å². The van der Waals surface area contributed by atoms with E-state index in [0.717, 1.165) is 62.4 Å². The third-order valence-electron chi connectivity index (χ3n) is 6.49. The Labute approximate surface area is 214 Å². The smallest absolute Gasteiger partial charge is 0.273 e. The summed E-state index contributed by atoms with van der Waals surface area (Å²) in [4.78, 5) is 27.8. The van der Waals surface area contributed by atoms with Crippen LogP contribution in [0.3, 0.4) is 0 Å². The van der Waals surface area contributed by atoms with Crippen LogP contribution < -0.4 is 5.32 Å². The lowest BCUT2D eigenvalue weighted by Crippen LogP contribution is -2.45. The maximum Gasteiger partial charge on any atom is 0.273 e. The molecule has 4 aromatic rings. The zero-order valence-electron chi connectivity index (χ0n) is 20.9. The highest BCUT2D eigenvalue weighted by molar-refractivity contribution is 5.91. The molecule has 4 heterocycles. The molecule has 3 aromatic heterocycles. The van der Waals surface area contributed by atoms with Crippen LogP contribution in [-0.2, 0) is 24.4 Å². The Morgan fingerprint density at radius 1 is 1.22 bits per heavy atom. The SMILES string of the molecule is CCCOCn1c(CCCN2CC(c3nc(C(=O)NCc4ncccc4F)co3)C2)nc2ccccc21. The standard InChI is InChI=1S/C27H31FN6O3/c1-2-13-36-18-34-24-9-4-3-8-21(24)31-25(34)10-6-12-33-15-19(16-33)27-32-23(17-37-27)26(35)30-14-22-20(28)7-5-11-29-22/h3-5,7-9,11,17,19H,2,6,10,12-16,18H2,1H3,(H,30,35). The number of nitrogens with one attached hydrogen (secondary N) is 1. The van der Waals surface area contributed by atoms with Gasteiger partial charge in [0, 0.05) is 32.3 Å². The van der Waals surface area contributed by atoms with Crippen molar-refractivity contribution in [3.05, 3.63) is 77.8 Å². The molecule has 0 aliphatic carbocycles. The number of carbonyl (C=O) groups excluding carboxylic acids is 1. The zero-order valence-corrected chi connectivity index (χ0v) is 20.9. The first-order chi connectivity index (χ1) is 18.1. The van der Waals surface area contributed by atoms with Crippen LogP contribution >= 0.6 is 0 Å². The molecular weight excluding hydrogens is 475 g/mol. The number of ether oxygens (including phenoxy) is 1. The van der Waals surface area contributed by atoms with E-state index >= 15 is 0 Å². The molecule has 1 aliphatic heterocycles. The number of likely N-dealkylation sites (tertiary alicyclic amines) is 1. The summed E-state index contributed by atoms with van der Waals surface area (Å²) in [6.07, 6.45) is 5.67. The molecule has 1 saturated heterocycles. The van der Waals surface area contributed by atoms with Crippen molar-refractivity contribution in [3.8, 4) is 0 Å². The van der Waals surface area contributed by atoms with Crippen LogP contribution in [0.2, 0.25) is 0 Å². The Morgan fingerprint density at radius 3 is 2.92 bits per heavy atom. The number of para-hydroxylation sites is 2. The van der Waals surface area contributed by atoms with E-state index in [9.17, 15) is 9.18 Å². The van der Waals surface area contributed by atoms with Crippen molar-refractivity contribution < 1.29 is 18.3 Å². The molecule has 1 N–H and O–H groups in total. The number of nitrogens with zero attached hydrogens (tertiary/aromatic N) is 5. The maximum absolute atomic E-state index is 13.7. The fraction of sp³-hybridized carbons (Fsp3) is 0.407. The predicted octanol–water partition coefficient (Wildman–Crippen LogP) is 3.90. The average Bonchev–Trinajstić information content (AvgIpc) is 3.50. The lowest BCUT2D eigenvalue weighted by molar-refractivity contribution is 0.0778. The minimum Gasteiger partial charge on any atom is -0.448 e. The number of benzene rings is 1. The lowest BCUT2D eigenvalue weighted by Gasteiger charge is -2.37. The number of hydrogen-bond acceptors (Lipinski definition) is 7. The zero-order chi connectivity index (χ0) is 25.6. The van der Waals surface area contributed by atoms with Crippen LogP contribution in [0.25, 0.3) is 11.0 Å². The highest BCUT2D eigenvalue weighted by atomic mass is 19.1. The molecule has 37 heavy (non-hydrogen) atoms. The summed E-state index contributed by atoms with van der Waals surface area (Å²) in [5.74, 6) is 0.882. The van der Waals surface area contributed by atoms with Crippen LogP contribution in [0, 0.1) is 5.82 Å². The van der Waals surface area contributed by atoms with Gasteiger partial charge in [-0.15, -0.1) is 0 Å². The monoisotopic (exact) mass is 506 g/mol. The molecule has 0 radical (unpaired) electrons. The first kappa shape index (κ1) is 25.0. The Kier molecular flexibility index (Phi) is 7.86. The molecule has 1 aromatic carbocycles. The van der Waals surface area contributed by atoms with E-state index in [0.29, 0.717) is 12.6 Å². The molecule has 1 aliphatic rings. The molecule has 1 fully saturated rings.